The van der Waals surface area contributed by atoms with E-state index in [9.17, 15) is 4.79 Å². The minimum absolute atomic E-state index is 0.0483. The van der Waals surface area contributed by atoms with Gasteiger partial charge in [0.1, 0.15) is 5.76 Å². The van der Waals surface area contributed by atoms with Gasteiger partial charge in [0.2, 0.25) is 0 Å². The van der Waals surface area contributed by atoms with Gasteiger partial charge in [0.25, 0.3) is 5.56 Å². The molecular weight excluding hydrogens is 410 g/mol. The van der Waals surface area contributed by atoms with Crippen molar-refractivity contribution in [2.45, 2.75) is 56.5 Å². The van der Waals surface area contributed by atoms with E-state index in [2.05, 4.69) is 5.16 Å². The number of ether oxygens (including phenoxy) is 1. The molecule has 0 radical (unpaired) electrons. The fourth-order valence-electron chi connectivity index (χ4n) is 3.65. The number of aryl methyl sites for hydroxylation is 1. The highest BCUT2D eigenvalue weighted by molar-refractivity contribution is 7.98. The summed E-state index contributed by atoms with van der Waals surface area (Å²) in [6.45, 7) is 3.81. The van der Waals surface area contributed by atoms with Gasteiger partial charge in [-0.3, -0.25) is 9.36 Å². The van der Waals surface area contributed by atoms with Gasteiger partial charge in [0, 0.05) is 42.5 Å². The lowest BCUT2D eigenvalue weighted by atomic mass is 9.97. The van der Waals surface area contributed by atoms with Crippen LogP contribution in [0.4, 0.5) is 0 Å². The molecule has 29 heavy (non-hydrogen) atoms. The first kappa shape index (κ1) is 20.4. The third kappa shape index (κ3) is 4.52. The number of nitrogens with zero attached hydrogens (tertiary/aromatic N) is 3. The first-order valence-corrected chi connectivity index (χ1v) is 11.4. The van der Waals surface area contributed by atoms with Crippen LogP contribution in [-0.4, -0.2) is 27.9 Å². The van der Waals surface area contributed by atoms with Crippen molar-refractivity contribution >= 4 is 34.3 Å². The van der Waals surface area contributed by atoms with Crippen LogP contribution in [0.1, 0.15) is 43.2 Å². The molecule has 6 nitrogen and oxygen atoms in total. The van der Waals surface area contributed by atoms with Crippen molar-refractivity contribution in [3.8, 4) is 0 Å². The Morgan fingerprint density at radius 2 is 2.17 bits per heavy atom. The average molecular weight is 434 g/mol. The topological polar surface area (TPSA) is 70.2 Å². The standard InChI is InChI=1S/C21H24ClN3O3S/c1-2-27-11-5-10-25-20(26)16-9-8-14(22)12-17(16)23-21(25)29-13-18-15-6-3-4-7-19(15)28-24-18/h8-9,12H,2-7,10-11,13H2,1H3. The van der Waals surface area contributed by atoms with Gasteiger partial charge < -0.3 is 9.26 Å². The molecule has 1 aliphatic carbocycles. The van der Waals surface area contributed by atoms with Crippen LogP contribution < -0.4 is 5.56 Å². The molecule has 0 saturated carbocycles. The van der Waals surface area contributed by atoms with Crippen molar-refractivity contribution in [2.75, 3.05) is 13.2 Å². The number of halogens is 1. The highest BCUT2D eigenvalue weighted by atomic mass is 35.5. The molecule has 0 unspecified atom stereocenters. The quantitative estimate of drug-likeness (QED) is 0.293. The molecule has 0 saturated heterocycles. The van der Waals surface area contributed by atoms with Crippen LogP contribution in [0.5, 0.6) is 0 Å². The Morgan fingerprint density at radius 3 is 3.03 bits per heavy atom. The largest absolute Gasteiger partial charge is 0.382 e. The van der Waals surface area contributed by atoms with Crippen molar-refractivity contribution in [1.29, 1.82) is 0 Å². The Hall–Kier alpha value is -1.83. The number of thioether (sulfide) groups is 1. The van der Waals surface area contributed by atoms with Crippen molar-refractivity contribution in [3.63, 3.8) is 0 Å². The zero-order valence-electron chi connectivity index (χ0n) is 16.4. The molecule has 8 heteroatoms. The van der Waals surface area contributed by atoms with E-state index in [4.69, 9.17) is 25.8 Å². The second-order valence-electron chi connectivity index (χ2n) is 7.09. The molecule has 154 valence electrons. The predicted molar refractivity (Wildman–Crippen MR) is 115 cm³/mol. The third-order valence-corrected chi connectivity index (χ3v) is 6.35. The SMILES string of the molecule is CCOCCCn1c(SCc2noc3c2CCCC3)nc2cc(Cl)ccc2c1=O. The molecule has 0 amide bonds. The molecular formula is C21H24ClN3O3S. The van der Waals surface area contributed by atoms with E-state index < -0.39 is 0 Å². The van der Waals surface area contributed by atoms with E-state index in [0.29, 0.717) is 46.6 Å². The van der Waals surface area contributed by atoms with Crippen LogP contribution in [0.25, 0.3) is 10.9 Å². The van der Waals surface area contributed by atoms with Gasteiger partial charge >= 0.3 is 0 Å². The lowest BCUT2D eigenvalue weighted by Gasteiger charge is -2.13. The summed E-state index contributed by atoms with van der Waals surface area (Å²) in [7, 11) is 0. The van der Waals surface area contributed by atoms with E-state index in [0.717, 1.165) is 37.1 Å². The maximum atomic E-state index is 13.1. The third-order valence-electron chi connectivity index (χ3n) is 5.13. The zero-order valence-corrected chi connectivity index (χ0v) is 18.0. The monoisotopic (exact) mass is 433 g/mol. The second kappa shape index (κ2) is 9.32. The van der Waals surface area contributed by atoms with Gasteiger partial charge in [0.05, 0.1) is 16.6 Å². The lowest BCUT2D eigenvalue weighted by Crippen LogP contribution is -2.24. The molecule has 2 heterocycles. The van der Waals surface area contributed by atoms with Gasteiger partial charge in [0.15, 0.2) is 5.16 Å². The molecule has 0 bridgehead atoms. The summed E-state index contributed by atoms with van der Waals surface area (Å²) in [6, 6.07) is 5.21. The Balaban J connectivity index is 1.63. The number of hydrogen-bond acceptors (Lipinski definition) is 6. The van der Waals surface area contributed by atoms with E-state index >= 15 is 0 Å². The van der Waals surface area contributed by atoms with Crippen LogP contribution in [0.3, 0.4) is 0 Å². The Kier molecular flexibility index (Phi) is 6.57. The molecule has 0 N–H and O–H groups in total. The van der Waals surface area contributed by atoms with Crippen LogP contribution in [0.15, 0.2) is 32.7 Å². The molecule has 0 fully saturated rings. The smallest absolute Gasteiger partial charge is 0.262 e. The average Bonchev–Trinajstić information content (AvgIpc) is 3.14. The first-order valence-electron chi connectivity index (χ1n) is 10.0. The van der Waals surface area contributed by atoms with Gasteiger partial charge in [-0.15, -0.1) is 0 Å². The molecule has 1 aliphatic rings. The van der Waals surface area contributed by atoms with Gasteiger partial charge in [-0.2, -0.15) is 0 Å². The molecule has 0 spiro atoms. The molecule has 3 aromatic rings. The number of benzene rings is 1. The summed E-state index contributed by atoms with van der Waals surface area (Å²) in [4.78, 5) is 17.9. The maximum Gasteiger partial charge on any atom is 0.262 e. The fourth-order valence-corrected chi connectivity index (χ4v) is 4.80. The number of aromatic nitrogens is 3. The summed E-state index contributed by atoms with van der Waals surface area (Å²) in [5.41, 5.74) is 2.77. The Bertz CT molecular complexity index is 1060. The molecule has 2 aromatic heterocycles. The normalized spacial score (nSPS) is 13.7. The Morgan fingerprint density at radius 1 is 1.31 bits per heavy atom. The number of fused-ring (bicyclic) bond motifs is 2. The number of rotatable bonds is 8. The molecule has 4 rings (SSSR count). The Labute approximate surface area is 178 Å². The van der Waals surface area contributed by atoms with Crippen molar-refractivity contribution in [1.82, 2.24) is 14.7 Å². The fraction of sp³-hybridized carbons (Fsp3) is 0.476. The minimum atomic E-state index is -0.0483. The predicted octanol–water partition coefficient (Wildman–Crippen LogP) is 4.64. The highest BCUT2D eigenvalue weighted by Crippen LogP contribution is 2.29. The minimum Gasteiger partial charge on any atom is -0.382 e. The summed E-state index contributed by atoms with van der Waals surface area (Å²) in [6.07, 6.45) is 5.04. The summed E-state index contributed by atoms with van der Waals surface area (Å²) in [5, 5.41) is 6.10. The van der Waals surface area contributed by atoms with E-state index in [1.807, 2.05) is 6.92 Å². The summed E-state index contributed by atoms with van der Waals surface area (Å²) in [5.74, 6) is 1.64. The maximum absolute atomic E-state index is 13.1. The van der Waals surface area contributed by atoms with Crippen LogP contribution in [0, 0.1) is 0 Å². The van der Waals surface area contributed by atoms with Crippen LogP contribution >= 0.6 is 23.4 Å². The molecule has 1 aromatic carbocycles. The van der Waals surface area contributed by atoms with Gasteiger partial charge in [-0.05, 0) is 50.8 Å². The van der Waals surface area contributed by atoms with Crippen LogP contribution in [-0.2, 0) is 29.9 Å². The lowest BCUT2D eigenvalue weighted by molar-refractivity contribution is 0.140. The van der Waals surface area contributed by atoms with Gasteiger partial charge in [-0.25, -0.2) is 4.98 Å². The molecule has 0 atom stereocenters. The van der Waals surface area contributed by atoms with E-state index in [1.54, 1.807) is 22.8 Å². The second-order valence-corrected chi connectivity index (χ2v) is 8.47. The zero-order chi connectivity index (χ0) is 20.2. The highest BCUT2D eigenvalue weighted by Gasteiger charge is 2.20. The molecule has 0 aliphatic heterocycles. The van der Waals surface area contributed by atoms with E-state index in [1.165, 1.54) is 23.7 Å². The summed E-state index contributed by atoms with van der Waals surface area (Å²) >= 11 is 7.65. The van der Waals surface area contributed by atoms with Crippen molar-refractivity contribution < 1.29 is 9.26 Å². The van der Waals surface area contributed by atoms with Crippen molar-refractivity contribution in [3.05, 3.63) is 50.6 Å². The van der Waals surface area contributed by atoms with E-state index in [-0.39, 0.29) is 5.56 Å². The first-order chi connectivity index (χ1) is 14.2. The summed E-state index contributed by atoms with van der Waals surface area (Å²) < 4.78 is 12.7. The van der Waals surface area contributed by atoms with Crippen molar-refractivity contribution in [2.24, 2.45) is 0 Å². The van der Waals surface area contributed by atoms with Crippen LogP contribution in [0.2, 0.25) is 5.02 Å². The van der Waals surface area contributed by atoms with Gasteiger partial charge in [-0.1, -0.05) is 28.5 Å². The number of hydrogen-bond donors (Lipinski definition) is 0.